The van der Waals surface area contributed by atoms with E-state index in [1.807, 2.05) is 30.5 Å². The van der Waals surface area contributed by atoms with E-state index in [0.717, 1.165) is 43.5 Å². The van der Waals surface area contributed by atoms with E-state index in [9.17, 15) is 4.39 Å². The summed E-state index contributed by atoms with van der Waals surface area (Å²) < 4.78 is 26.2. The maximum absolute atomic E-state index is 14.0. The van der Waals surface area contributed by atoms with Gasteiger partial charge in [0.1, 0.15) is 5.82 Å². The molecule has 2 unspecified atom stereocenters. The van der Waals surface area contributed by atoms with Crippen LogP contribution >= 0.6 is 0 Å². The molecule has 1 spiro atoms. The zero-order valence-corrected chi connectivity index (χ0v) is 14.9. The van der Waals surface area contributed by atoms with Gasteiger partial charge in [0.2, 0.25) is 0 Å². The molecule has 4 nitrogen and oxygen atoms in total. The Balaban J connectivity index is 1.33. The van der Waals surface area contributed by atoms with Gasteiger partial charge in [-0.05, 0) is 37.1 Å². The van der Waals surface area contributed by atoms with Gasteiger partial charge in [-0.2, -0.15) is 0 Å². The van der Waals surface area contributed by atoms with E-state index in [2.05, 4.69) is 9.88 Å². The second-order valence-corrected chi connectivity index (χ2v) is 7.40. The van der Waals surface area contributed by atoms with Crippen LogP contribution in [0.4, 0.5) is 4.39 Å². The quantitative estimate of drug-likeness (QED) is 0.820. The third kappa shape index (κ3) is 4.11. The first-order chi connectivity index (χ1) is 12.7. The Morgan fingerprint density at radius 2 is 2.19 bits per heavy atom. The number of rotatable bonds is 5. The summed E-state index contributed by atoms with van der Waals surface area (Å²) in [6, 6.07) is 11.0. The Morgan fingerprint density at radius 3 is 3.04 bits per heavy atom. The minimum Gasteiger partial charge on any atom is -0.371 e. The second-order valence-electron chi connectivity index (χ2n) is 7.40. The van der Waals surface area contributed by atoms with Crippen molar-refractivity contribution in [3.63, 3.8) is 0 Å². The molecular formula is C21H25FN2O2. The van der Waals surface area contributed by atoms with Crippen LogP contribution in [-0.4, -0.2) is 41.3 Å². The number of ether oxygens (including phenoxy) is 2. The predicted octanol–water partition coefficient (Wildman–Crippen LogP) is 3.56. The number of likely N-dealkylation sites (tertiary alicyclic amines) is 1. The highest BCUT2D eigenvalue weighted by Gasteiger charge is 2.43. The molecule has 3 heterocycles. The highest BCUT2D eigenvalue weighted by atomic mass is 19.1. The molecule has 2 aromatic rings. The lowest BCUT2D eigenvalue weighted by atomic mass is 9.89. The van der Waals surface area contributed by atoms with Crippen LogP contribution < -0.4 is 0 Å². The number of hydrogen-bond acceptors (Lipinski definition) is 4. The fraction of sp³-hybridized carbons (Fsp3) is 0.476. The van der Waals surface area contributed by atoms with Gasteiger partial charge in [-0.15, -0.1) is 0 Å². The van der Waals surface area contributed by atoms with Crippen molar-refractivity contribution < 1.29 is 13.9 Å². The second kappa shape index (κ2) is 7.82. The molecule has 138 valence electrons. The van der Waals surface area contributed by atoms with Gasteiger partial charge in [0.25, 0.3) is 0 Å². The number of benzene rings is 1. The molecule has 0 radical (unpaired) electrons. The lowest BCUT2D eigenvalue weighted by Crippen LogP contribution is -2.47. The van der Waals surface area contributed by atoms with E-state index in [1.165, 1.54) is 6.07 Å². The summed E-state index contributed by atoms with van der Waals surface area (Å²) in [5.74, 6) is -0.128. The molecule has 1 aromatic carbocycles. The van der Waals surface area contributed by atoms with Crippen molar-refractivity contribution in [3.8, 4) is 0 Å². The Morgan fingerprint density at radius 1 is 1.27 bits per heavy atom. The number of piperidine rings is 1. The van der Waals surface area contributed by atoms with Gasteiger partial charge in [0, 0.05) is 37.5 Å². The Labute approximate surface area is 153 Å². The first-order valence-corrected chi connectivity index (χ1v) is 9.33. The van der Waals surface area contributed by atoms with E-state index in [1.54, 1.807) is 12.3 Å². The summed E-state index contributed by atoms with van der Waals surface area (Å²) in [6.07, 6.45) is 6.74. The monoisotopic (exact) mass is 356 g/mol. The molecule has 2 aliphatic rings. The van der Waals surface area contributed by atoms with Crippen molar-refractivity contribution in [1.82, 2.24) is 9.88 Å². The van der Waals surface area contributed by atoms with E-state index < -0.39 is 0 Å². The summed E-state index contributed by atoms with van der Waals surface area (Å²) >= 11 is 0. The molecule has 26 heavy (non-hydrogen) atoms. The van der Waals surface area contributed by atoms with Gasteiger partial charge in [-0.3, -0.25) is 9.88 Å². The number of pyridine rings is 1. The van der Waals surface area contributed by atoms with Crippen molar-refractivity contribution in [2.75, 3.05) is 19.7 Å². The Kier molecular flexibility index (Phi) is 5.29. The highest BCUT2D eigenvalue weighted by Crippen LogP contribution is 2.36. The molecule has 1 aromatic heterocycles. The van der Waals surface area contributed by atoms with Gasteiger partial charge in [0.15, 0.2) is 0 Å². The fourth-order valence-electron chi connectivity index (χ4n) is 4.08. The topological polar surface area (TPSA) is 34.6 Å². The van der Waals surface area contributed by atoms with E-state index >= 15 is 0 Å². The molecule has 2 atom stereocenters. The van der Waals surface area contributed by atoms with Gasteiger partial charge < -0.3 is 9.47 Å². The lowest BCUT2D eigenvalue weighted by Gasteiger charge is -2.39. The summed E-state index contributed by atoms with van der Waals surface area (Å²) in [5.41, 5.74) is 1.69. The van der Waals surface area contributed by atoms with Gasteiger partial charge >= 0.3 is 0 Å². The molecule has 2 fully saturated rings. The largest absolute Gasteiger partial charge is 0.371 e. The first-order valence-electron chi connectivity index (χ1n) is 9.33. The van der Waals surface area contributed by atoms with Crippen LogP contribution in [-0.2, 0) is 22.6 Å². The Bertz CT molecular complexity index is 727. The molecule has 0 aliphatic carbocycles. The van der Waals surface area contributed by atoms with Crippen LogP contribution in [0.1, 0.15) is 30.4 Å². The standard InChI is InChI=1S/C21H25FN2O2/c22-20-7-2-1-6-18(20)13-24-10-4-8-21(16-24)11-19(15-26-21)25-14-17-5-3-9-23-12-17/h1-3,5-7,9,12,19H,4,8,10-11,13-16H2. The molecule has 0 bridgehead atoms. The zero-order chi connectivity index (χ0) is 17.8. The fourth-order valence-corrected chi connectivity index (χ4v) is 4.08. The minimum atomic E-state index is -0.150. The molecule has 2 saturated heterocycles. The normalized spacial score (nSPS) is 26.4. The van der Waals surface area contributed by atoms with Crippen molar-refractivity contribution >= 4 is 0 Å². The van der Waals surface area contributed by atoms with Crippen LogP contribution in [0.25, 0.3) is 0 Å². The van der Waals surface area contributed by atoms with Crippen LogP contribution in [0.5, 0.6) is 0 Å². The van der Waals surface area contributed by atoms with Crippen LogP contribution in [0.2, 0.25) is 0 Å². The van der Waals surface area contributed by atoms with Crippen molar-refractivity contribution in [3.05, 3.63) is 65.7 Å². The Hall–Kier alpha value is -1.82. The molecule has 0 N–H and O–H groups in total. The van der Waals surface area contributed by atoms with Crippen molar-refractivity contribution in [2.45, 2.75) is 44.1 Å². The van der Waals surface area contributed by atoms with Crippen LogP contribution in [0, 0.1) is 5.82 Å². The van der Waals surface area contributed by atoms with Crippen molar-refractivity contribution in [1.29, 1.82) is 0 Å². The summed E-state index contributed by atoms with van der Waals surface area (Å²) in [5, 5.41) is 0. The van der Waals surface area contributed by atoms with E-state index in [0.29, 0.717) is 19.8 Å². The SMILES string of the molecule is Fc1ccccc1CN1CCCC2(CC(OCc3cccnc3)CO2)C1. The van der Waals surface area contributed by atoms with Crippen molar-refractivity contribution in [2.24, 2.45) is 0 Å². The number of aromatic nitrogens is 1. The number of halogens is 1. The lowest BCUT2D eigenvalue weighted by molar-refractivity contribution is -0.0550. The third-order valence-corrected chi connectivity index (χ3v) is 5.35. The van der Waals surface area contributed by atoms with Gasteiger partial charge in [-0.1, -0.05) is 24.3 Å². The van der Waals surface area contributed by atoms with E-state index in [4.69, 9.17) is 9.47 Å². The number of nitrogens with zero attached hydrogens (tertiary/aromatic N) is 2. The van der Waals surface area contributed by atoms with E-state index in [-0.39, 0.29) is 17.5 Å². The molecule has 5 heteroatoms. The minimum absolute atomic E-state index is 0.114. The van der Waals surface area contributed by atoms with Gasteiger partial charge in [0.05, 0.1) is 24.9 Å². The number of hydrogen-bond donors (Lipinski definition) is 0. The molecule has 4 rings (SSSR count). The average Bonchev–Trinajstić information content (AvgIpc) is 3.05. The van der Waals surface area contributed by atoms with Crippen LogP contribution in [0.3, 0.4) is 0 Å². The summed E-state index contributed by atoms with van der Waals surface area (Å²) in [6.45, 7) is 3.67. The third-order valence-electron chi connectivity index (χ3n) is 5.35. The predicted molar refractivity (Wildman–Crippen MR) is 97.0 cm³/mol. The molecule has 0 saturated carbocycles. The molecule has 2 aliphatic heterocycles. The van der Waals surface area contributed by atoms with Crippen LogP contribution in [0.15, 0.2) is 48.8 Å². The zero-order valence-electron chi connectivity index (χ0n) is 14.9. The van der Waals surface area contributed by atoms with Gasteiger partial charge in [-0.25, -0.2) is 4.39 Å². The summed E-state index contributed by atoms with van der Waals surface area (Å²) in [4.78, 5) is 6.43. The highest BCUT2D eigenvalue weighted by molar-refractivity contribution is 5.17. The average molecular weight is 356 g/mol. The molecule has 0 amide bonds. The maximum atomic E-state index is 14.0. The molecular weight excluding hydrogens is 331 g/mol. The first kappa shape index (κ1) is 17.6. The smallest absolute Gasteiger partial charge is 0.127 e. The summed E-state index contributed by atoms with van der Waals surface area (Å²) in [7, 11) is 0. The maximum Gasteiger partial charge on any atom is 0.127 e.